The highest BCUT2D eigenvalue weighted by atomic mass is 16.5. The second-order valence-electron chi connectivity index (χ2n) is 5.11. The number of phenols is 1. The lowest BCUT2D eigenvalue weighted by Crippen LogP contribution is -2.34. The highest BCUT2D eigenvalue weighted by Gasteiger charge is 2.29. The third kappa shape index (κ3) is 2.81. The number of fused-ring (bicyclic) bond motifs is 1. The van der Waals surface area contributed by atoms with Gasteiger partial charge in [0.25, 0.3) is 0 Å². The van der Waals surface area contributed by atoms with Crippen LogP contribution in [0.2, 0.25) is 0 Å². The maximum absolute atomic E-state index is 11.4. The van der Waals surface area contributed by atoms with E-state index in [1.54, 1.807) is 12.1 Å². The van der Waals surface area contributed by atoms with Gasteiger partial charge in [0.05, 0.1) is 6.04 Å². The standard InChI is InChI=1S/C14H18N2O3/c17-10-3-4-11-12(8-19-13(11)7-10)15-5-6-16-14(18)9-1-2-9/h3-4,7,9,12,15,17H,1-2,5-6,8H2,(H,16,18). The van der Waals surface area contributed by atoms with E-state index >= 15 is 0 Å². The van der Waals surface area contributed by atoms with Gasteiger partial charge in [-0.15, -0.1) is 0 Å². The minimum absolute atomic E-state index is 0.133. The van der Waals surface area contributed by atoms with Crippen LogP contribution in [0.15, 0.2) is 18.2 Å². The Morgan fingerprint density at radius 1 is 1.37 bits per heavy atom. The van der Waals surface area contributed by atoms with E-state index in [9.17, 15) is 9.90 Å². The summed E-state index contributed by atoms with van der Waals surface area (Å²) in [7, 11) is 0. The zero-order chi connectivity index (χ0) is 13.2. The summed E-state index contributed by atoms with van der Waals surface area (Å²) in [6.45, 7) is 1.92. The number of hydrogen-bond acceptors (Lipinski definition) is 4. The Kier molecular flexibility index (Phi) is 3.29. The van der Waals surface area contributed by atoms with Crippen molar-refractivity contribution in [1.29, 1.82) is 0 Å². The average Bonchev–Trinajstić information content (AvgIpc) is 3.17. The van der Waals surface area contributed by atoms with Crippen molar-refractivity contribution in [3.63, 3.8) is 0 Å². The van der Waals surface area contributed by atoms with Gasteiger partial charge >= 0.3 is 0 Å². The fourth-order valence-electron chi connectivity index (χ4n) is 2.29. The molecule has 0 spiro atoms. The van der Waals surface area contributed by atoms with E-state index in [4.69, 9.17) is 4.74 Å². The molecule has 1 unspecified atom stereocenters. The molecule has 2 aliphatic rings. The molecule has 1 aliphatic carbocycles. The summed E-state index contributed by atoms with van der Waals surface area (Å²) in [5, 5.41) is 15.6. The fraction of sp³-hybridized carbons (Fsp3) is 0.500. The monoisotopic (exact) mass is 262 g/mol. The van der Waals surface area contributed by atoms with Gasteiger partial charge in [0.15, 0.2) is 0 Å². The third-order valence-corrected chi connectivity index (χ3v) is 3.54. The summed E-state index contributed by atoms with van der Waals surface area (Å²) in [6.07, 6.45) is 2.07. The Morgan fingerprint density at radius 2 is 2.21 bits per heavy atom. The topological polar surface area (TPSA) is 70.6 Å². The largest absolute Gasteiger partial charge is 0.508 e. The van der Waals surface area contributed by atoms with Crippen molar-refractivity contribution < 1.29 is 14.6 Å². The summed E-state index contributed by atoms with van der Waals surface area (Å²) in [6, 6.07) is 5.30. The van der Waals surface area contributed by atoms with E-state index in [1.807, 2.05) is 6.07 Å². The molecule has 102 valence electrons. The van der Waals surface area contributed by atoms with Gasteiger partial charge in [-0.2, -0.15) is 0 Å². The molecular formula is C14H18N2O3. The number of nitrogens with one attached hydrogen (secondary N) is 2. The van der Waals surface area contributed by atoms with Crippen molar-refractivity contribution in [3.05, 3.63) is 23.8 Å². The Morgan fingerprint density at radius 3 is 3.00 bits per heavy atom. The molecule has 0 bridgehead atoms. The lowest BCUT2D eigenvalue weighted by molar-refractivity contribution is -0.122. The van der Waals surface area contributed by atoms with Gasteiger partial charge in [0.2, 0.25) is 5.91 Å². The van der Waals surface area contributed by atoms with Gasteiger partial charge in [0, 0.05) is 30.6 Å². The maximum Gasteiger partial charge on any atom is 0.223 e. The number of amides is 1. The smallest absolute Gasteiger partial charge is 0.223 e. The van der Waals surface area contributed by atoms with E-state index in [2.05, 4.69) is 10.6 Å². The summed E-state index contributed by atoms with van der Waals surface area (Å²) >= 11 is 0. The normalized spacial score (nSPS) is 20.7. The molecule has 5 heteroatoms. The predicted octanol–water partition coefficient (Wildman–Crippen LogP) is 0.941. The molecule has 1 heterocycles. The third-order valence-electron chi connectivity index (χ3n) is 3.54. The van der Waals surface area contributed by atoms with Crippen molar-refractivity contribution in [2.75, 3.05) is 19.7 Å². The molecule has 3 N–H and O–H groups in total. The molecule has 1 atom stereocenters. The van der Waals surface area contributed by atoms with Crippen LogP contribution >= 0.6 is 0 Å². The van der Waals surface area contributed by atoms with Crippen molar-refractivity contribution in [3.8, 4) is 11.5 Å². The molecule has 3 rings (SSSR count). The number of aromatic hydroxyl groups is 1. The zero-order valence-electron chi connectivity index (χ0n) is 10.7. The molecular weight excluding hydrogens is 244 g/mol. The number of carbonyl (C=O) groups excluding carboxylic acids is 1. The minimum atomic E-state index is 0.133. The van der Waals surface area contributed by atoms with Crippen LogP contribution in [-0.4, -0.2) is 30.7 Å². The lowest BCUT2D eigenvalue weighted by Gasteiger charge is -2.12. The molecule has 0 saturated heterocycles. The summed E-state index contributed by atoms with van der Waals surface area (Å²) in [5.74, 6) is 1.39. The van der Waals surface area contributed by atoms with Gasteiger partial charge in [-0.1, -0.05) is 0 Å². The number of ether oxygens (including phenoxy) is 1. The Bertz CT molecular complexity index is 486. The second-order valence-corrected chi connectivity index (χ2v) is 5.11. The molecule has 1 fully saturated rings. The first-order chi connectivity index (χ1) is 9.24. The van der Waals surface area contributed by atoms with Gasteiger partial charge < -0.3 is 20.5 Å². The first-order valence-electron chi connectivity index (χ1n) is 6.71. The van der Waals surface area contributed by atoms with Crippen molar-refractivity contribution in [2.45, 2.75) is 18.9 Å². The van der Waals surface area contributed by atoms with Crippen LogP contribution in [0, 0.1) is 5.92 Å². The summed E-state index contributed by atoms with van der Waals surface area (Å²) in [5.41, 5.74) is 1.06. The number of benzene rings is 1. The molecule has 0 aromatic heterocycles. The van der Waals surface area contributed by atoms with Crippen LogP contribution in [0.25, 0.3) is 0 Å². The summed E-state index contributed by atoms with van der Waals surface area (Å²) < 4.78 is 5.51. The van der Waals surface area contributed by atoms with Crippen LogP contribution in [-0.2, 0) is 4.79 Å². The first kappa shape index (κ1) is 12.3. The molecule has 1 amide bonds. The Hall–Kier alpha value is -1.75. The van der Waals surface area contributed by atoms with Crippen LogP contribution in [0.1, 0.15) is 24.4 Å². The van der Waals surface area contributed by atoms with E-state index in [0.29, 0.717) is 19.7 Å². The second kappa shape index (κ2) is 5.09. The number of rotatable bonds is 5. The first-order valence-corrected chi connectivity index (χ1v) is 6.71. The number of hydrogen-bond donors (Lipinski definition) is 3. The van der Waals surface area contributed by atoms with Gasteiger partial charge in [-0.3, -0.25) is 4.79 Å². The van der Waals surface area contributed by atoms with Crippen molar-refractivity contribution in [2.24, 2.45) is 5.92 Å². The van der Waals surface area contributed by atoms with E-state index in [1.165, 1.54) is 0 Å². The molecule has 1 aromatic rings. The van der Waals surface area contributed by atoms with E-state index < -0.39 is 0 Å². The lowest BCUT2D eigenvalue weighted by atomic mass is 10.1. The predicted molar refractivity (Wildman–Crippen MR) is 70.1 cm³/mol. The zero-order valence-corrected chi connectivity index (χ0v) is 10.7. The highest BCUT2D eigenvalue weighted by Crippen LogP contribution is 2.34. The summed E-state index contributed by atoms with van der Waals surface area (Å²) in [4.78, 5) is 11.4. The van der Waals surface area contributed by atoms with Crippen molar-refractivity contribution >= 4 is 5.91 Å². The molecule has 5 nitrogen and oxygen atoms in total. The Balaban J connectivity index is 1.45. The highest BCUT2D eigenvalue weighted by molar-refractivity contribution is 5.80. The number of carbonyl (C=O) groups is 1. The van der Waals surface area contributed by atoms with Crippen LogP contribution < -0.4 is 15.4 Å². The van der Waals surface area contributed by atoms with Gasteiger partial charge in [-0.25, -0.2) is 0 Å². The quantitative estimate of drug-likeness (QED) is 0.691. The number of phenolic OH excluding ortho intramolecular Hbond substituents is 1. The van der Waals surface area contributed by atoms with E-state index in [-0.39, 0.29) is 23.6 Å². The van der Waals surface area contributed by atoms with Crippen molar-refractivity contribution in [1.82, 2.24) is 10.6 Å². The Labute approximate surface area is 112 Å². The SMILES string of the molecule is O=C(NCCNC1COc2cc(O)ccc21)C1CC1. The maximum atomic E-state index is 11.4. The van der Waals surface area contributed by atoms with Gasteiger partial charge in [-0.05, 0) is 25.0 Å². The molecule has 0 radical (unpaired) electrons. The van der Waals surface area contributed by atoms with Gasteiger partial charge in [0.1, 0.15) is 18.1 Å². The van der Waals surface area contributed by atoms with Crippen LogP contribution in [0.5, 0.6) is 11.5 Å². The molecule has 1 saturated carbocycles. The molecule has 1 aliphatic heterocycles. The van der Waals surface area contributed by atoms with Crippen LogP contribution in [0.4, 0.5) is 0 Å². The minimum Gasteiger partial charge on any atom is -0.508 e. The fourth-order valence-corrected chi connectivity index (χ4v) is 2.29. The average molecular weight is 262 g/mol. The molecule has 1 aromatic carbocycles. The van der Waals surface area contributed by atoms with Crippen LogP contribution in [0.3, 0.4) is 0 Å². The van der Waals surface area contributed by atoms with E-state index in [0.717, 1.165) is 24.2 Å². The molecule has 19 heavy (non-hydrogen) atoms.